The molecule has 0 aliphatic rings. The Labute approximate surface area is 181 Å². The lowest BCUT2D eigenvalue weighted by Crippen LogP contribution is -2.35. The van der Waals surface area contributed by atoms with E-state index in [4.69, 9.17) is 20.8 Å². The first-order chi connectivity index (χ1) is 14.5. The molecule has 0 saturated heterocycles. The van der Waals surface area contributed by atoms with Gasteiger partial charge in [0, 0.05) is 17.7 Å². The zero-order valence-corrected chi connectivity index (χ0v) is 18.0. The molecule has 6 nitrogen and oxygen atoms in total. The van der Waals surface area contributed by atoms with E-state index in [1.54, 1.807) is 17.0 Å². The van der Waals surface area contributed by atoms with E-state index in [0.717, 1.165) is 11.3 Å². The molecule has 0 fully saturated rings. The van der Waals surface area contributed by atoms with Crippen LogP contribution in [-0.2, 0) is 11.3 Å². The second kappa shape index (κ2) is 10.1. The standard InChI is InChI=1S/C23H24ClN3O3/c1-4-29-20-12-8-5-9-17(20)13-14-22(28)27(16(2)3)15-21-25-26-23(30-21)18-10-6-7-11-19(18)24/h5-14,16H,4,15H2,1-3H3/b14-13+. The van der Waals surface area contributed by atoms with Crippen molar-refractivity contribution in [2.24, 2.45) is 0 Å². The number of carbonyl (C=O) groups is 1. The van der Waals surface area contributed by atoms with Crippen LogP contribution in [0.15, 0.2) is 59.0 Å². The highest BCUT2D eigenvalue weighted by Crippen LogP contribution is 2.26. The highest BCUT2D eigenvalue weighted by molar-refractivity contribution is 6.33. The lowest BCUT2D eigenvalue weighted by molar-refractivity contribution is -0.128. The first-order valence-corrected chi connectivity index (χ1v) is 10.1. The van der Waals surface area contributed by atoms with Crippen molar-refractivity contribution in [2.45, 2.75) is 33.4 Å². The molecule has 1 heterocycles. The second-order valence-corrected chi connectivity index (χ2v) is 7.25. The van der Waals surface area contributed by atoms with E-state index >= 15 is 0 Å². The molecule has 1 aromatic heterocycles. The number of rotatable bonds is 8. The van der Waals surface area contributed by atoms with E-state index in [-0.39, 0.29) is 18.5 Å². The molecule has 3 rings (SSSR count). The van der Waals surface area contributed by atoms with Gasteiger partial charge in [0.25, 0.3) is 0 Å². The van der Waals surface area contributed by atoms with Crippen LogP contribution < -0.4 is 4.74 Å². The summed E-state index contributed by atoms with van der Waals surface area (Å²) in [7, 11) is 0. The predicted molar refractivity (Wildman–Crippen MR) is 117 cm³/mol. The van der Waals surface area contributed by atoms with Crippen LogP contribution in [0.25, 0.3) is 17.5 Å². The van der Waals surface area contributed by atoms with E-state index in [9.17, 15) is 4.79 Å². The highest BCUT2D eigenvalue weighted by Gasteiger charge is 2.19. The summed E-state index contributed by atoms with van der Waals surface area (Å²) in [5, 5.41) is 8.68. The van der Waals surface area contributed by atoms with Crippen LogP contribution in [-0.4, -0.2) is 33.7 Å². The van der Waals surface area contributed by atoms with Gasteiger partial charge in [0.2, 0.25) is 17.7 Å². The van der Waals surface area contributed by atoms with Gasteiger partial charge < -0.3 is 14.1 Å². The zero-order valence-electron chi connectivity index (χ0n) is 17.2. The zero-order chi connectivity index (χ0) is 21.5. The molecule has 0 unspecified atom stereocenters. The Morgan fingerprint density at radius 1 is 1.17 bits per heavy atom. The Kier molecular flexibility index (Phi) is 7.25. The molecular formula is C23H24ClN3O3. The van der Waals surface area contributed by atoms with Crippen molar-refractivity contribution in [3.05, 3.63) is 71.1 Å². The van der Waals surface area contributed by atoms with Gasteiger partial charge in [0.1, 0.15) is 5.75 Å². The minimum atomic E-state index is -0.159. The van der Waals surface area contributed by atoms with E-state index in [2.05, 4.69) is 10.2 Å². The minimum Gasteiger partial charge on any atom is -0.493 e. The number of carbonyl (C=O) groups excluding carboxylic acids is 1. The Balaban J connectivity index is 1.75. The molecule has 30 heavy (non-hydrogen) atoms. The third kappa shape index (κ3) is 5.27. The number of nitrogens with zero attached hydrogens (tertiary/aromatic N) is 3. The number of aromatic nitrogens is 2. The second-order valence-electron chi connectivity index (χ2n) is 6.84. The molecule has 0 N–H and O–H groups in total. The molecule has 156 valence electrons. The molecule has 3 aromatic rings. The smallest absolute Gasteiger partial charge is 0.249 e. The van der Waals surface area contributed by atoms with Gasteiger partial charge in [-0.2, -0.15) is 0 Å². The highest BCUT2D eigenvalue weighted by atomic mass is 35.5. The number of para-hydroxylation sites is 1. The Bertz CT molecular complexity index is 1030. The van der Waals surface area contributed by atoms with Crippen molar-refractivity contribution in [3.63, 3.8) is 0 Å². The van der Waals surface area contributed by atoms with E-state index in [1.165, 1.54) is 6.08 Å². The lowest BCUT2D eigenvalue weighted by atomic mass is 10.2. The summed E-state index contributed by atoms with van der Waals surface area (Å²) in [6.07, 6.45) is 3.29. The SMILES string of the molecule is CCOc1ccccc1/C=C/C(=O)N(Cc1nnc(-c2ccccc2Cl)o1)C(C)C. The van der Waals surface area contributed by atoms with Gasteiger partial charge >= 0.3 is 0 Å². The van der Waals surface area contributed by atoms with Gasteiger partial charge in [-0.3, -0.25) is 4.79 Å². The van der Waals surface area contributed by atoms with Gasteiger partial charge in [-0.25, -0.2) is 0 Å². The van der Waals surface area contributed by atoms with Crippen LogP contribution in [0.5, 0.6) is 5.75 Å². The maximum Gasteiger partial charge on any atom is 0.249 e. The van der Waals surface area contributed by atoms with Crippen LogP contribution >= 0.6 is 11.6 Å². The van der Waals surface area contributed by atoms with Gasteiger partial charge in [-0.15, -0.1) is 10.2 Å². The monoisotopic (exact) mass is 425 g/mol. The molecule has 0 aliphatic heterocycles. The summed E-state index contributed by atoms with van der Waals surface area (Å²) in [5.74, 6) is 1.25. The number of halogens is 1. The van der Waals surface area contributed by atoms with Crippen molar-refractivity contribution in [3.8, 4) is 17.2 Å². The Hall–Kier alpha value is -3.12. The predicted octanol–water partition coefficient (Wildman–Crippen LogP) is 5.24. The molecule has 2 aromatic carbocycles. The van der Waals surface area contributed by atoms with Crippen molar-refractivity contribution < 1.29 is 13.9 Å². The number of amides is 1. The topological polar surface area (TPSA) is 68.5 Å². The third-order valence-electron chi connectivity index (χ3n) is 4.41. The Morgan fingerprint density at radius 2 is 1.90 bits per heavy atom. The van der Waals surface area contributed by atoms with Crippen LogP contribution in [0.1, 0.15) is 32.2 Å². The van der Waals surface area contributed by atoms with Gasteiger partial charge in [-0.05, 0) is 45.0 Å². The normalized spacial score (nSPS) is 11.2. The fourth-order valence-corrected chi connectivity index (χ4v) is 3.10. The summed E-state index contributed by atoms with van der Waals surface area (Å²) < 4.78 is 11.4. The molecule has 7 heteroatoms. The van der Waals surface area contributed by atoms with Crippen LogP contribution in [0.2, 0.25) is 5.02 Å². The van der Waals surface area contributed by atoms with Crippen molar-refractivity contribution in [1.29, 1.82) is 0 Å². The van der Waals surface area contributed by atoms with Crippen molar-refractivity contribution >= 4 is 23.6 Å². The molecule has 0 radical (unpaired) electrons. The van der Waals surface area contributed by atoms with Gasteiger partial charge in [-0.1, -0.05) is 41.9 Å². The largest absolute Gasteiger partial charge is 0.493 e. The fourth-order valence-electron chi connectivity index (χ4n) is 2.88. The van der Waals surface area contributed by atoms with Crippen molar-refractivity contribution in [1.82, 2.24) is 15.1 Å². The van der Waals surface area contributed by atoms with E-state index in [1.807, 2.05) is 63.2 Å². The minimum absolute atomic E-state index is 0.0556. The fraction of sp³-hybridized carbons (Fsp3) is 0.261. The number of hydrogen-bond acceptors (Lipinski definition) is 5. The van der Waals surface area contributed by atoms with Crippen molar-refractivity contribution in [2.75, 3.05) is 6.61 Å². The lowest BCUT2D eigenvalue weighted by Gasteiger charge is -2.23. The molecule has 0 atom stereocenters. The summed E-state index contributed by atoms with van der Waals surface area (Å²) >= 11 is 6.20. The van der Waals surface area contributed by atoms with Gasteiger partial charge in [0.15, 0.2) is 0 Å². The quantitative estimate of drug-likeness (QED) is 0.461. The maximum absolute atomic E-state index is 12.8. The molecule has 1 amide bonds. The number of hydrogen-bond donors (Lipinski definition) is 0. The first-order valence-electron chi connectivity index (χ1n) is 9.77. The summed E-state index contributed by atoms with van der Waals surface area (Å²) in [4.78, 5) is 14.5. The average molecular weight is 426 g/mol. The summed E-state index contributed by atoms with van der Waals surface area (Å²) in [5.41, 5.74) is 1.50. The summed E-state index contributed by atoms with van der Waals surface area (Å²) in [6, 6.07) is 14.8. The van der Waals surface area contributed by atoms with Crippen LogP contribution in [0.4, 0.5) is 0 Å². The number of ether oxygens (including phenoxy) is 1. The molecule has 0 spiro atoms. The first kappa shape index (κ1) is 21.6. The van der Waals surface area contributed by atoms with Crippen LogP contribution in [0.3, 0.4) is 0 Å². The van der Waals surface area contributed by atoms with Crippen LogP contribution in [0, 0.1) is 0 Å². The molecular weight excluding hydrogens is 402 g/mol. The third-order valence-corrected chi connectivity index (χ3v) is 4.74. The molecule has 0 bridgehead atoms. The molecule has 0 saturated carbocycles. The molecule has 0 aliphatic carbocycles. The van der Waals surface area contributed by atoms with E-state index < -0.39 is 0 Å². The van der Waals surface area contributed by atoms with Gasteiger partial charge in [0.05, 0.1) is 23.7 Å². The summed E-state index contributed by atoms with van der Waals surface area (Å²) in [6.45, 7) is 6.55. The van der Waals surface area contributed by atoms with E-state index in [0.29, 0.717) is 29.0 Å². The Morgan fingerprint density at radius 3 is 2.63 bits per heavy atom. The maximum atomic E-state index is 12.8. The number of benzene rings is 2. The average Bonchev–Trinajstić information content (AvgIpc) is 3.20.